The van der Waals surface area contributed by atoms with Gasteiger partial charge in [0.1, 0.15) is 0 Å². The Kier molecular flexibility index (Phi) is 4.15. The summed E-state index contributed by atoms with van der Waals surface area (Å²) in [5.74, 6) is -3.67. The molecule has 1 aromatic carbocycles. The first-order valence-corrected chi connectivity index (χ1v) is 7.63. The van der Waals surface area contributed by atoms with Gasteiger partial charge in [-0.25, -0.2) is 22.0 Å². The van der Waals surface area contributed by atoms with Crippen molar-refractivity contribution in [3.63, 3.8) is 0 Å². The van der Waals surface area contributed by atoms with Crippen LogP contribution in [0.3, 0.4) is 0 Å². The molecule has 3 N–H and O–H groups in total. The Morgan fingerprint density at radius 2 is 1.78 bits per heavy atom. The van der Waals surface area contributed by atoms with E-state index < -0.39 is 36.4 Å². The predicted octanol–water partition coefficient (Wildman–Crippen LogP) is 0.952. The van der Waals surface area contributed by atoms with Crippen LogP contribution in [0.2, 0.25) is 5.02 Å². The van der Waals surface area contributed by atoms with Crippen molar-refractivity contribution in [1.82, 2.24) is 0 Å². The summed E-state index contributed by atoms with van der Waals surface area (Å²) in [6.45, 7) is 0. The van der Waals surface area contributed by atoms with Gasteiger partial charge in [-0.05, 0) is 18.2 Å². The highest BCUT2D eigenvalue weighted by molar-refractivity contribution is 7.93. The molecule has 0 atom stereocenters. The molecule has 0 aliphatic rings. The number of hydrogen-bond donors (Lipinski definition) is 2. The first-order chi connectivity index (χ1) is 8.04. The van der Waals surface area contributed by atoms with E-state index in [1.54, 1.807) is 0 Å². The smallest absolute Gasteiger partial charge is 0.277 e. The van der Waals surface area contributed by atoms with Crippen LogP contribution in [0, 0.1) is 0 Å². The first-order valence-electron chi connectivity index (χ1n) is 4.16. The molecule has 102 valence electrons. The van der Waals surface area contributed by atoms with Crippen molar-refractivity contribution in [3.8, 4) is 0 Å². The third-order valence-electron chi connectivity index (χ3n) is 1.75. The van der Waals surface area contributed by atoms with Gasteiger partial charge in [-0.1, -0.05) is 11.6 Å². The van der Waals surface area contributed by atoms with Crippen molar-refractivity contribution in [2.75, 3.05) is 4.72 Å². The van der Waals surface area contributed by atoms with Crippen LogP contribution in [0.4, 0.5) is 14.5 Å². The average Bonchev–Trinajstić information content (AvgIpc) is 2.19. The highest BCUT2D eigenvalue weighted by Gasteiger charge is 2.25. The van der Waals surface area contributed by atoms with Crippen molar-refractivity contribution in [3.05, 3.63) is 23.2 Å². The lowest BCUT2D eigenvalue weighted by molar-refractivity contribution is 0.236. The van der Waals surface area contributed by atoms with Gasteiger partial charge in [0.2, 0.25) is 10.0 Å². The zero-order valence-corrected chi connectivity index (χ0v) is 10.9. The monoisotopic (exact) mass is 320 g/mol. The number of benzene rings is 1. The topological polar surface area (TPSA) is 106 Å². The Balaban J connectivity index is 3.27. The summed E-state index contributed by atoms with van der Waals surface area (Å²) in [7, 11) is -9.04. The summed E-state index contributed by atoms with van der Waals surface area (Å²) in [5, 5.41) is 4.56. The van der Waals surface area contributed by atoms with Crippen LogP contribution in [0.5, 0.6) is 0 Å². The zero-order chi connectivity index (χ0) is 14.1. The van der Waals surface area contributed by atoms with E-state index in [0.717, 1.165) is 18.2 Å². The lowest BCUT2D eigenvalue weighted by Gasteiger charge is -2.09. The predicted molar refractivity (Wildman–Crippen MR) is 61.4 cm³/mol. The fourth-order valence-corrected chi connectivity index (χ4v) is 2.28. The minimum atomic E-state index is -4.94. The summed E-state index contributed by atoms with van der Waals surface area (Å²) >= 11 is 5.55. The minimum absolute atomic E-state index is 0.244. The molecule has 1 rings (SSSR count). The molecular weight excluding hydrogens is 314 g/mol. The number of rotatable bonds is 4. The summed E-state index contributed by atoms with van der Waals surface area (Å²) in [6.07, 6.45) is 0. The third-order valence-corrected chi connectivity index (χ3v) is 3.97. The fourth-order valence-electron chi connectivity index (χ4n) is 0.957. The molecule has 0 aliphatic heterocycles. The van der Waals surface area contributed by atoms with E-state index in [9.17, 15) is 25.6 Å². The normalized spacial score (nSPS) is 12.7. The number of nitrogens with one attached hydrogen (secondary N) is 1. The van der Waals surface area contributed by atoms with Crippen molar-refractivity contribution < 1.29 is 25.6 Å². The maximum absolute atomic E-state index is 12.1. The lowest BCUT2D eigenvalue weighted by atomic mass is 10.3. The molecule has 0 bridgehead atoms. The molecule has 0 heterocycles. The molecule has 11 heteroatoms. The zero-order valence-electron chi connectivity index (χ0n) is 8.47. The van der Waals surface area contributed by atoms with Gasteiger partial charge in [-0.15, -0.1) is 0 Å². The molecule has 0 saturated carbocycles. The largest absolute Gasteiger partial charge is 0.355 e. The van der Waals surface area contributed by atoms with Gasteiger partial charge in [0.25, 0.3) is 10.0 Å². The second kappa shape index (κ2) is 4.96. The van der Waals surface area contributed by atoms with E-state index >= 15 is 0 Å². The van der Waals surface area contributed by atoms with E-state index in [1.165, 1.54) is 4.72 Å². The summed E-state index contributed by atoms with van der Waals surface area (Å²) in [6, 6.07) is 2.78. The van der Waals surface area contributed by atoms with Gasteiger partial charge in [-0.2, -0.15) is 8.78 Å². The maximum Gasteiger partial charge on any atom is 0.355 e. The van der Waals surface area contributed by atoms with Gasteiger partial charge in [-0.3, -0.25) is 4.72 Å². The Morgan fingerprint density at radius 3 is 2.22 bits per heavy atom. The number of alkyl halides is 2. The molecule has 0 amide bonds. The van der Waals surface area contributed by atoms with Crippen LogP contribution in [0.15, 0.2) is 23.1 Å². The molecular formula is C7H7ClF2N2O4S2. The lowest BCUT2D eigenvalue weighted by Crippen LogP contribution is -2.21. The van der Waals surface area contributed by atoms with Crippen LogP contribution < -0.4 is 9.86 Å². The van der Waals surface area contributed by atoms with E-state index in [0.29, 0.717) is 0 Å². The van der Waals surface area contributed by atoms with E-state index in [1.807, 2.05) is 0 Å². The number of halogens is 3. The number of nitrogens with two attached hydrogens (primary N) is 1. The van der Waals surface area contributed by atoms with Crippen LogP contribution in [0.25, 0.3) is 0 Å². The molecule has 0 spiro atoms. The van der Waals surface area contributed by atoms with E-state index in [4.69, 9.17) is 16.7 Å². The second-order valence-electron chi connectivity index (χ2n) is 3.09. The summed E-state index contributed by atoms with van der Waals surface area (Å²) < 4.78 is 69.6. The van der Waals surface area contributed by atoms with Gasteiger partial charge in [0, 0.05) is 0 Å². The Morgan fingerprint density at radius 1 is 1.22 bits per heavy atom. The molecule has 6 nitrogen and oxygen atoms in total. The molecule has 0 radical (unpaired) electrons. The number of sulfonamides is 2. The van der Waals surface area contributed by atoms with Gasteiger partial charge in [0.05, 0.1) is 15.6 Å². The quantitative estimate of drug-likeness (QED) is 0.861. The van der Waals surface area contributed by atoms with Gasteiger partial charge < -0.3 is 0 Å². The molecule has 1 aromatic rings. The van der Waals surface area contributed by atoms with Crippen LogP contribution in [-0.4, -0.2) is 22.6 Å². The molecule has 0 aromatic heterocycles. The van der Waals surface area contributed by atoms with E-state index in [-0.39, 0.29) is 5.02 Å². The van der Waals surface area contributed by atoms with Crippen molar-refractivity contribution in [2.24, 2.45) is 5.14 Å². The van der Waals surface area contributed by atoms with E-state index in [2.05, 4.69) is 0 Å². The van der Waals surface area contributed by atoms with Crippen molar-refractivity contribution >= 4 is 37.3 Å². The molecule has 0 unspecified atom stereocenters. The third kappa shape index (κ3) is 3.51. The van der Waals surface area contributed by atoms with Crippen LogP contribution in [0.1, 0.15) is 0 Å². The Labute approximate surface area is 107 Å². The average molecular weight is 321 g/mol. The maximum atomic E-state index is 12.1. The highest BCUT2D eigenvalue weighted by atomic mass is 35.5. The number of primary sulfonamides is 1. The standard InChI is InChI=1S/C7H7ClF2N2O4S2/c8-5-2-1-4(17(11,13)14)3-6(5)12-18(15,16)7(9)10/h1-3,7,12H,(H2,11,13,14). The van der Waals surface area contributed by atoms with Crippen LogP contribution >= 0.6 is 11.6 Å². The minimum Gasteiger partial charge on any atom is -0.277 e. The second-order valence-corrected chi connectivity index (χ2v) is 6.71. The number of anilines is 1. The van der Waals surface area contributed by atoms with Crippen LogP contribution in [-0.2, 0) is 20.0 Å². The number of hydrogen-bond acceptors (Lipinski definition) is 4. The first kappa shape index (κ1) is 15.1. The Hall–Kier alpha value is -0.970. The summed E-state index contributed by atoms with van der Waals surface area (Å²) in [5.41, 5.74) is -0.497. The highest BCUT2D eigenvalue weighted by Crippen LogP contribution is 2.26. The van der Waals surface area contributed by atoms with Crippen molar-refractivity contribution in [1.29, 1.82) is 0 Å². The molecule has 0 saturated heterocycles. The molecule has 18 heavy (non-hydrogen) atoms. The molecule has 0 aliphatic carbocycles. The fraction of sp³-hybridized carbons (Fsp3) is 0.143. The molecule has 0 fully saturated rings. The Bertz CT molecular complexity index is 660. The SMILES string of the molecule is NS(=O)(=O)c1ccc(Cl)c(NS(=O)(=O)C(F)F)c1. The summed E-state index contributed by atoms with van der Waals surface area (Å²) in [4.78, 5) is -0.459. The van der Waals surface area contributed by atoms with Gasteiger partial charge >= 0.3 is 5.76 Å². The van der Waals surface area contributed by atoms with Crippen molar-refractivity contribution in [2.45, 2.75) is 10.7 Å². The van der Waals surface area contributed by atoms with Gasteiger partial charge in [0.15, 0.2) is 0 Å².